The summed E-state index contributed by atoms with van der Waals surface area (Å²) in [6.45, 7) is 4.11. The molecule has 1 aromatic carbocycles. The summed E-state index contributed by atoms with van der Waals surface area (Å²) >= 11 is 1.57. The molecular weight excluding hydrogens is 380 g/mol. The second-order valence-corrected chi connectivity index (χ2v) is 11.0. The van der Waals surface area contributed by atoms with E-state index in [0.29, 0.717) is 6.42 Å². The van der Waals surface area contributed by atoms with Crippen LogP contribution in [0.15, 0.2) is 18.2 Å². The van der Waals surface area contributed by atoms with Crippen LogP contribution in [0.2, 0.25) is 0 Å². The molecule has 0 aliphatic heterocycles. The number of rotatable bonds is 5. The molecule has 5 heteroatoms. The molecule has 4 nitrogen and oxygen atoms in total. The lowest BCUT2D eigenvalue weighted by atomic mass is 9.49. The van der Waals surface area contributed by atoms with Crippen molar-refractivity contribution in [3.05, 3.63) is 28.6 Å². The number of aromatic nitrogens is 1. The Morgan fingerprint density at radius 2 is 1.83 bits per heavy atom. The maximum atomic E-state index is 12.9. The molecule has 6 rings (SSSR count). The van der Waals surface area contributed by atoms with Crippen LogP contribution in [0.5, 0.6) is 5.75 Å². The van der Waals surface area contributed by atoms with E-state index < -0.39 is 0 Å². The van der Waals surface area contributed by atoms with E-state index in [1.807, 2.05) is 19.1 Å². The Morgan fingerprint density at radius 1 is 1.17 bits per heavy atom. The van der Waals surface area contributed by atoms with Crippen molar-refractivity contribution >= 4 is 22.4 Å². The zero-order valence-corrected chi connectivity index (χ0v) is 18.4. The van der Waals surface area contributed by atoms with Gasteiger partial charge in [-0.15, -0.1) is 11.3 Å². The van der Waals surface area contributed by atoms with Crippen molar-refractivity contribution < 1.29 is 9.53 Å². The number of ether oxygens (including phenoxy) is 1. The average Bonchev–Trinajstić information content (AvgIpc) is 2.99. The number of carbonyl (C=O) groups is 1. The molecule has 0 radical (unpaired) electrons. The van der Waals surface area contributed by atoms with Crippen molar-refractivity contribution in [1.82, 2.24) is 4.98 Å². The summed E-state index contributed by atoms with van der Waals surface area (Å²) in [5.41, 5.74) is 3.37. The molecule has 4 saturated carbocycles. The molecule has 1 heterocycles. The van der Waals surface area contributed by atoms with E-state index in [4.69, 9.17) is 9.72 Å². The normalized spacial score (nSPS) is 29.8. The lowest BCUT2D eigenvalue weighted by Crippen LogP contribution is -2.47. The first-order valence-electron chi connectivity index (χ1n) is 10.9. The smallest absolute Gasteiger partial charge is 0.226 e. The standard InChI is InChI=1S/C24H30N2O2S/c1-14-6-19(4-5-20(14)28-3)22-15(2)29-23(26-22)25-21(27)13-24-10-16-7-17(11-24)9-18(8-16)12-24/h4-6,16-18H,7-13H2,1-3H3,(H,25,26,27). The van der Waals surface area contributed by atoms with E-state index in [9.17, 15) is 4.79 Å². The van der Waals surface area contributed by atoms with Crippen LogP contribution in [0.1, 0.15) is 55.4 Å². The predicted octanol–water partition coefficient (Wildman–Crippen LogP) is 5.98. The van der Waals surface area contributed by atoms with Crippen LogP contribution in [-0.4, -0.2) is 18.0 Å². The molecule has 154 valence electrons. The number of hydrogen-bond donors (Lipinski definition) is 1. The SMILES string of the molecule is COc1ccc(-c2nc(NC(=O)CC34CC5CC(CC(C5)C3)C4)sc2C)cc1C. The lowest BCUT2D eigenvalue weighted by Gasteiger charge is -2.56. The molecule has 4 aliphatic carbocycles. The zero-order valence-electron chi connectivity index (χ0n) is 17.6. The Balaban J connectivity index is 1.30. The van der Waals surface area contributed by atoms with Crippen LogP contribution in [0.3, 0.4) is 0 Å². The minimum absolute atomic E-state index is 0.151. The number of amides is 1. The Labute approximate surface area is 177 Å². The maximum Gasteiger partial charge on any atom is 0.226 e. The topological polar surface area (TPSA) is 51.2 Å². The van der Waals surface area contributed by atoms with Crippen molar-refractivity contribution in [2.24, 2.45) is 23.2 Å². The summed E-state index contributed by atoms with van der Waals surface area (Å²) < 4.78 is 5.36. The number of thiazole rings is 1. The fraction of sp³-hybridized carbons (Fsp3) is 0.583. The molecule has 4 fully saturated rings. The minimum atomic E-state index is 0.151. The van der Waals surface area contributed by atoms with Gasteiger partial charge in [0.05, 0.1) is 12.8 Å². The maximum absolute atomic E-state index is 12.9. The van der Waals surface area contributed by atoms with E-state index in [0.717, 1.165) is 50.3 Å². The van der Waals surface area contributed by atoms with Crippen LogP contribution in [0.25, 0.3) is 11.3 Å². The second-order valence-electron chi connectivity index (χ2n) is 9.75. The van der Waals surface area contributed by atoms with Crippen molar-refractivity contribution in [3.8, 4) is 17.0 Å². The summed E-state index contributed by atoms with van der Waals surface area (Å²) in [5.74, 6) is 3.66. The highest BCUT2D eigenvalue weighted by Gasteiger charge is 2.51. The summed E-state index contributed by atoms with van der Waals surface area (Å²) in [4.78, 5) is 18.8. The van der Waals surface area contributed by atoms with E-state index in [1.54, 1.807) is 18.4 Å². The van der Waals surface area contributed by atoms with E-state index in [-0.39, 0.29) is 11.3 Å². The van der Waals surface area contributed by atoms with Crippen molar-refractivity contribution in [1.29, 1.82) is 0 Å². The number of aryl methyl sites for hydroxylation is 2. The second kappa shape index (κ2) is 7.12. The Kier molecular flexibility index (Phi) is 4.69. The zero-order chi connectivity index (χ0) is 20.2. The Morgan fingerprint density at radius 3 is 2.41 bits per heavy atom. The van der Waals surface area contributed by atoms with Crippen LogP contribution in [0, 0.1) is 37.0 Å². The molecule has 1 N–H and O–H groups in total. The molecule has 29 heavy (non-hydrogen) atoms. The average molecular weight is 411 g/mol. The molecule has 0 unspecified atom stereocenters. The Bertz CT molecular complexity index is 913. The first kappa shape index (κ1) is 19.1. The molecule has 0 saturated heterocycles. The van der Waals surface area contributed by atoms with Crippen molar-refractivity contribution in [2.75, 3.05) is 12.4 Å². The van der Waals surface area contributed by atoms with Gasteiger partial charge < -0.3 is 10.1 Å². The minimum Gasteiger partial charge on any atom is -0.496 e. The summed E-state index contributed by atoms with van der Waals surface area (Å²) in [5, 5.41) is 3.85. The highest BCUT2D eigenvalue weighted by atomic mass is 32.1. The Hall–Kier alpha value is -1.88. The predicted molar refractivity (Wildman–Crippen MR) is 117 cm³/mol. The van der Waals surface area contributed by atoms with Gasteiger partial charge in [0, 0.05) is 16.9 Å². The third-order valence-electron chi connectivity index (χ3n) is 7.41. The monoisotopic (exact) mass is 410 g/mol. The fourth-order valence-electron chi connectivity index (χ4n) is 6.75. The summed E-state index contributed by atoms with van der Waals surface area (Å²) in [6, 6.07) is 6.12. The van der Waals surface area contributed by atoms with E-state index in [2.05, 4.69) is 18.3 Å². The number of benzene rings is 1. The highest BCUT2D eigenvalue weighted by molar-refractivity contribution is 7.16. The van der Waals surface area contributed by atoms with Crippen LogP contribution < -0.4 is 10.1 Å². The van der Waals surface area contributed by atoms with Gasteiger partial charge in [-0.25, -0.2) is 4.98 Å². The van der Waals surface area contributed by atoms with Gasteiger partial charge in [-0.05, 0) is 99.3 Å². The van der Waals surface area contributed by atoms with Crippen LogP contribution in [0.4, 0.5) is 5.13 Å². The summed E-state index contributed by atoms with van der Waals surface area (Å²) in [7, 11) is 1.69. The molecule has 0 spiro atoms. The largest absolute Gasteiger partial charge is 0.496 e. The third-order valence-corrected chi connectivity index (χ3v) is 8.30. The van der Waals surface area contributed by atoms with Gasteiger partial charge >= 0.3 is 0 Å². The lowest BCUT2D eigenvalue weighted by molar-refractivity contribution is -0.124. The number of nitrogens with zero attached hydrogens (tertiary/aromatic N) is 1. The van der Waals surface area contributed by atoms with Crippen LogP contribution in [-0.2, 0) is 4.79 Å². The molecular formula is C24H30N2O2S. The van der Waals surface area contributed by atoms with Gasteiger partial charge in [-0.3, -0.25) is 4.79 Å². The molecule has 4 bridgehead atoms. The highest BCUT2D eigenvalue weighted by Crippen LogP contribution is 2.61. The molecule has 2 aromatic rings. The van der Waals surface area contributed by atoms with Gasteiger partial charge in [-0.1, -0.05) is 0 Å². The van der Waals surface area contributed by atoms with Gasteiger partial charge in [0.15, 0.2) is 5.13 Å². The van der Waals surface area contributed by atoms with E-state index >= 15 is 0 Å². The van der Waals surface area contributed by atoms with Crippen LogP contribution >= 0.6 is 11.3 Å². The number of methoxy groups -OCH3 is 1. The molecule has 1 aromatic heterocycles. The third kappa shape index (κ3) is 3.58. The van der Waals surface area contributed by atoms with Crippen molar-refractivity contribution in [3.63, 3.8) is 0 Å². The first-order chi connectivity index (χ1) is 13.9. The molecule has 4 aliphatic rings. The number of hydrogen-bond acceptors (Lipinski definition) is 4. The molecule has 1 amide bonds. The van der Waals surface area contributed by atoms with Gasteiger partial charge in [0.1, 0.15) is 5.75 Å². The van der Waals surface area contributed by atoms with E-state index in [1.165, 1.54) is 38.5 Å². The first-order valence-corrected chi connectivity index (χ1v) is 11.7. The van der Waals surface area contributed by atoms with Gasteiger partial charge in [-0.2, -0.15) is 0 Å². The number of nitrogens with one attached hydrogen (secondary N) is 1. The van der Waals surface area contributed by atoms with Gasteiger partial charge in [0.25, 0.3) is 0 Å². The molecule has 0 atom stereocenters. The number of anilines is 1. The number of carbonyl (C=O) groups excluding carboxylic acids is 1. The van der Waals surface area contributed by atoms with Gasteiger partial charge in [0.2, 0.25) is 5.91 Å². The summed E-state index contributed by atoms with van der Waals surface area (Å²) in [6.07, 6.45) is 8.71. The quantitative estimate of drug-likeness (QED) is 0.659. The van der Waals surface area contributed by atoms with Crippen molar-refractivity contribution in [2.45, 2.75) is 58.8 Å². The fourth-order valence-corrected chi connectivity index (χ4v) is 7.61.